The number of rotatable bonds is 4. The maximum Gasteiger partial charge on any atom is 0.266 e. The topological polar surface area (TPSA) is 89.3 Å². The largest absolute Gasteiger partial charge is 0.321 e. The molecule has 124 valence electrons. The van der Waals surface area contributed by atoms with Crippen molar-refractivity contribution in [2.75, 3.05) is 5.32 Å². The Balaban J connectivity index is 1.80. The Morgan fingerprint density at radius 3 is 2.42 bits per heavy atom. The highest BCUT2D eigenvalue weighted by atomic mass is 32.2. The third-order valence-corrected chi connectivity index (χ3v) is 5.64. The van der Waals surface area contributed by atoms with Gasteiger partial charge < -0.3 is 5.32 Å². The molecule has 3 N–H and O–H groups in total. The van der Waals surface area contributed by atoms with Crippen molar-refractivity contribution in [3.8, 4) is 0 Å². The van der Waals surface area contributed by atoms with Gasteiger partial charge in [0.15, 0.2) is 0 Å². The third kappa shape index (κ3) is 3.64. The van der Waals surface area contributed by atoms with Gasteiger partial charge in [0.05, 0.1) is 10.6 Å². The number of hydrogen-bond acceptors (Lipinski definition) is 4. The van der Waals surface area contributed by atoms with Crippen LogP contribution in [0.2, 0.25) is 0 Å². The molecule has 0 saturated carbocycles. The highest BCUT2D eigenvalue weighted by molar-refractivity contribution is 7.88. The summed E-state index contributed by atoms with van der Waals surface area (Å²) in [5, 5.41) is 8.94. The van der Waals surface area contributed by atoms with E-state index in [1.54, 1.807) is 24.3 Å². The van der Waals surface area contributed by atoms with Crippen molar-refractivity contribution in [3.63, 3.8) is 0 Å². The maximum absolute atomic E-state index is 12.5. The molecule has 0 aliphatic carbocycles. The summed E-state index contributed by atoms with van der Waals surface area (Å²) in [4.78, 5) is 13.2. The lowest BCUT2D eigenvalue weighted by Crippen LogP contribution is -2.14. The number of carbonyl (C=O) groups excluding carboxylic acids is 1. The second-order valence-electron chi connectivity index (χ2n) is 5.51. The predicted molar refractivity (Wildman–Crippen MR) is 97.8 cm³/mol. The molecule has 0 atom stereocenters. The van der Waals surface area contributed by atoms with Crippen LogP contribution in [0.3, 0.4) is 0 Å². The summed E-state index contributed by atoms with van der Waals surface area (Å²) >= 11 is 1.45. The Kier molecular flexibility index (Phi) is 4.40. The number of aryl methyl sites for hydroxylation is 1. The first-order chi connectivity index (χ1) is 11.3. The summed E-state index contributed by atoms with van der Waals surface area (Å²) in [6.07, 6.45) is 0. The lowest BCUT2D eigenvalue weighted by atomic mass is 10.1. The Hall–Kier alpha value is -2.22. The zero-order valence-electron chi connectivity index (χ0n) is 12.9. The first kappa shape index (κ1) is 16.6. The Labute approximate surface area is 144 Å². The van der Waals surface area contributed by atoms with E-state index >= 15 is 0 Å². The van der Waals surface area contributed by atoms with E-state index < -0.39 is 10.0 Å². The van der Waals surface area contributed by atoms with Crippen LogP contribution in [0.5, 0.6) is 0 Å². The van der Waals surface area contributed by atoms with Crippen LogP contribution < -0.4 is 10.5 Å². The molecule has 0 fully saturated rings. The molecular formula is C17H16N2O3S2. The predicted octanol–water partition coefficient (Wildman–Crippen LogP) is 3.25. The van der Waals surface area contributed by atoms with Crippen molar-refractivity contribution in [2.45, 2.75) is 12.7 Å². The molecule has 7 heteroatoms. The van der Waals surface area contributed by atoms with E-state index in [1.807, 2.05) is 31.2 Å². The van der Waals surface area contributed by atoms with Crippen LogP contribution >= 0.6 is 11.3 Å². The van der Waals surface area contributed by atoms with Gasteiger partial charge in [0.2, 0.25) is 10.0 Å². The molecule has 0 aliphatic heterocycles. The normalized spacial score (nSPS) is 11.6. The van der Waals surface area contributed by atoms with E-state index in [9.17, 15) is 13.2 Å². The highest BCUT2D eigenvalue weighted by Crippen LogP contribution is 2.31. The van der Waals surface area contributed by atoms with Gasteiger partial charge in [-0.25, -0.2) is 13.6 Å². The Morgan fingerprint density at radius 2 is 1.79 bits per heavy atom. The lowest BCUT2D eigenvalue weighted by Gasteiger charge is -2.06. The van der Waals surface area contributed by atoms with E-state index in [2.05, 4.69) is 5.32 Å². The number of amides is 1. The highest BCUT2D eigenvalue weighted by Gasteiger charge is 2.15. The third-order valence-electron chi connectivity index (χ3n) is 3.63. The van der Waals surface area contributed by atoms with Crippen LogP contribution in [0, 0.1) is 6.92 Å². The van der Waals surface area contributed by atoms with E-state index in [0.29, 0.717) is 16.1 Å². The van der Waals surface area contributed by atoms with E-state index in [0.717, 1.165) is 15.6 Å². The fourth-order valence-corrected chi connectivity index (χ4v) is 4.26. The number of fused-ring (bicyclic) bond motifs is 1. The molecule has 2 aromatic carbocycles. The summed E-state index contributed by atoms with van der Waals surface area (Å²) < 4.78 is 23.2. The maximum atomic E-state index is 12.5. The standard InChI is InChI=1S/C17H16N2O3S2/c1-11-14-4-2-3-5-15(14)23-16(11)17(20)19-13-8-6-12(7-9-13)10-24(18,21)22/h2-9H,10H2,1H3,(H,19,20)(H2,18,21,22). The van der Waals surface area contributed by atoms with Crippen molar-refractivity contribution in [3.05, 3.63) is 64.5 Å². The summed E-state index contributed by atoms with van der Waals surface area (Å²) in [5.41, 5.74) is 2.14. The SMILES string of the molecule is Cc1c(C(=O)Nc2ccc(CS(N)(=O)=O)cc2)sc2ccccc12. The van der Waals surface area contributed by atoms with Crippen LogP contribution in [-0.4, -0.2) is 14.3 Å². The molecule has 1 amide bonds. The van der Waals surface area contributed by atoms with E-state index in [-0.39, 0.29) is 11.7 Å². The van der Waals surface area contributed by atoms with Crippen LogP contribution in [0.25, 0.3) is 10.1 Å². The summed E-state index contributed by atoms with van der Waals surface area (Å²) in [6, 6.07) is 14.5. The molecule has 24 heavy (non-hydrogen) atoms. The molecular weight excluding hydrogens is 344 g/mol. The zero-order valence-corrected chi connectivity index (χ0v) is 14.6. The Morgan fingerprint density at radius 1 is 1.12 bits per heavy atom. The van der Waals surface area contributed by atoms with E-state index in [4.69, 9.17) is 5.14 Å². The monoisotopic (exact) mass is 360 g/mol. The Bertz CT molecular complexity index is 1010. The van der Waals surface area contributed by atoms with Crippen LogP contribution in [0.15, 0.2) is 48.5 Å². The lowest BCUT2D eigenvalue weighted by molar-refractivity contribution is 0.103. The molecule has 1 aromatic heterocycles. The minimum Gasteiger partial charge on any atom is -0.321 e. The number of nitrogens with one attached hydrogen (secondary N) is 1. The molecule has 0 spiro atoms. The molecule has 1 heterocycles. The fourth-order valence-electron chi connectivity index (χ4n) is 2.50. The molecule has 3 rings (SSSR count). The van der Waals surface area contributed by atoms with Crippen molar-refractivity contribution >= 4 is 43.0 Å². The second-order valence-corrected chi connectivity index (χ2v) is 8.18. The van der Waals surface area contributed by atoms with Gasteiger partial charge in [-0.05, 0) is 41.6 Å². The smallest absolute Gasteiger partial charge is 0.266 e. The number of anilines is 1. The van der Waals surface area contributed by atoms with Crippen molar-refractivity contribution in [1.82, 2.24) is 0 Å². The van der Waals surface area contributed by atoms with Crippen molar-refractivity contribution in [2.24, 2.45) is 5.14 Å². The molecule has 0 saturated heterocycles. The first-order valence-electron chi connectivity index (χ1n) is 7.22. The zero-order chi connectivity index (χ0) is 17.3. The minimum absolute atomic E-state index is 0.173. The van der Waals surface area contributed by atoms with Gasteiger partial charge in [0.25, 0.3) is 5.91 Å². The van der Waals surface area contributed by atoms with Crippen molar-refractivity contribution < 1.29 is 13.2 Å². The number of hydrogen-bond donors (Lipinski definition) is 2. The molecule has 0 unspecified atom stereocenters. The first-order valence-corrected chi connectivity index (χ1v) is 9.75. The molecule has 0 radical (unpaired) electrons. The van der Waals surface area contributed by atoms with Gasteiger partial charge in [0.1, 0.15) is 0 Å². The van der Waals surface area contributed by atoms with Crippen molar-refractivity contribution in [1.29, 1.82) is 0 Å². The number of carbonyl (C=O) groups is 1. The quantitative estimate of drug-likeness (QED) is 0.748. The van der Waals surface area contributed by atoms with Gasteiger partial charge in [0, 0.05) is 10.4 Å². The average Bonchev–Trinajstić information content (AvgIpc) is 2.85. The van der Waals surface area contributed by atoms with Gasteiger partial charge in [-0.1, -0.05) is 30.3 Å². The second kappa shape index (κ2) is 6.35. The minimum atomic E-state index is -3.56. The average molecular weight is 360 g/mol. The van der Waals surface area contributed by atoms with Gasteiger partial charge >= 0.3 is 0 Å². The van der Waals surface area contributed by atoms with Gasteiger partial charge in [-0.2, -0.15) is 0 Å². The van der Waals surface area contributed by atoms with Crippen LogP contribution in [-0.2, 0) is 15.8 Å². The number of primary sulfonamides is 1. The number of benzene rings is 2. The van der Waals surface area contributed by atoms with Gasteiger partial charge in [-0.3, -0.25) is 4.79 Å². The fraction of sp³-hybridized carbons (Fsp3) is 0.118. The van der Waals surface area contributed by atoms with E-state index in [1.165, 1.54) is 11.3 Å². The number of sulfonamides is 1. The van der Waals surface area contributed by atoms with Gasteiger partial charge in [-0.15, -0.1) is 11.3 Å². The number of nitrogens with two attached hydrogens (primary N) is 1. The molecule has 0 bridgehead atoms. The molecule has 0 aliphatic rings. The van der Waals surface area contributed by atoms with Crippen LogP contribution in [0.4, 0.5) is 5.69 Å². The summed E-state index contributed by atoms with van der Waals surface area (Å²) in [7, 11) is -3.56. The molecule has 3 aromatic rings. The molecule has 5 nitrogen and oxygen atoms in total. The number of thiophene rings is 1. The van der Waals surface area contributed by atoms with Crippen LogP contribution in [0.1, 0.15) is 20.8 Å². The summed E-state index contributed by atoms with van der Waals surface area (Å²) in [6.45, 7) is 1.93. The summed E-state index contributed by atoms with van der Waals surface area (Å²) in [5.74, 6) is -0.399.